The molecule has 1 atom stereocenters. The van der Waals surface area contributed by atoms with Gasteiger partial charge in [0.2, 0.25) is 11.7 Å². The van der Waals surface area contributed by atoms with Gasteiger partial charge in [-0.25, -0.2) is 13.2 Å². The molecule has 3 amide bonds. The highest BCUT2D eigenvalue weighted by molar-refractivity contribution is 7.91. The molecule has 254 valence electrons. The van der Waals surface area contributed by atoms with Crippen LogP contribution < -0.4 is 4.74 Å². The van der Waals surface area contributed by atoms with Crippen LogP contribution in [0.3, 0.4) is 0 Å². The minimum absolute atomic E-state index is 0.0994. The first-order valence-electron chi connectivity index (χ1n) is 15.2. The van der Waals surface area contributed by atoms with Crippen LogP contribution in [0.5, 0.6) is 11.5 Å². The molecule has 0 saturated carbocycles. The van der Waals surface area contributed by atoms with E-state index >= 15 is 0 Å². The van der Waals surface area contributed by atoms with Gasteiger partial charge in [-0.2, -0.15) is 18.2 Å². The van der Waals surface area contributed by atoms with Crippen molar-refractivity contribution in [3.8, 4) is 22.9 Å². The van der Waals surface area contributed by atoms with Crippen molar-refractivity contribution in [2.24, 2.45) is 0 Å². The summed E-state index contributed by atoms with van der Waals surface area (Å²) < 4.78 is 78.9. The second-order valence-corrected chi connectivity index (χ2v) is 14.2. The minimum atomic E-state index is -4.93. The van der Waals surface area contributed by atoms with Gasteiger partial charge >= 0.3 is 12.2 Å². The van der Waals surface area contributed by atoms with Gasteiger partial charge in [0.1, 0.15) is 28.5 Å². The van der Waals surface area contributed by atoms with E-state index in [9.17, 15) is 36.3 Å². The number of sulfone groups is 1. The van der Waals surface area contributed by atoms with Crippen LogP contribution in [0.25, 0.3) is 11.4 Å². The van der Waals surface area contributed by atoms with Gasteiger partial charge in [0, 0.05) is 12.1 Å². The number of para-hydroxylation sites is 1. The normalized spacial score (nSPS) is 17.9. The number of hydrogen-bond donors (Lipinski definition) is 1. The van der Waals surface area contributed by atoms with Gasteiger partial charge in [-0.05, 0) is 90.0 Å². The lowest BCUT2D eigenvalue weighted by molar-refractivity contribution is -0.138. The number of carbonyl (C=O) groups is 2. The summed E-state index contributed by atoms with van der Waals surface area (Å²) in [5.41, 5.74) is -2.44. The van der Waals surface area contributed by atoms with E-state index in [4.69, 9.17) is 9.26 Å². The molecule has 2 saturated heterocycles. The first-order valence-corrected chi connectivity index (χ1v) is 16.8. The number of alkyl halides is 3. The summed E-state index contributed by atoms with van der Waals surface area (Å²) in [6.07, 6.45) is -3.15. The third kappa shape index (κ3) is 7.44. The highest BCUT2D eigenvalue weighted by Gasteiger charge is 2.51. The fourth-order valence-corrected chi connectivity index (χ4v) is 7.28. The van der Waals surface area contributed by atoms with Gasteiger partial charge in [-0.1, -0.05) is 17.3 Å². The Hall–Kier alpha value is -4.02. The van der Waals surface area contributed by atoms with Crippen molar-refractivity contribution in [3.05, 3.63) is 53.9 Å². The van der Waals surface area contributed by atoms with Crippen molar-refractivity contribution in [3.63, 3.8) is 0 Å². The summed E-state index contributed by atoms with van der Waals surface area (Å²) in [5.74, 6) is -2.51. The van der Waals surface area contributed by atoms with Gasteiger partial charge < -0.3 is 24.2 Å². The highest BCUT2D eigenvalue weighted by atomic mass is 32.2. The lowest BCUT2D eigenvalue weighted by Crippen LogP contribution is -2.45. The number of likely N-dealkylation sites (tertiary alicyclic amines) is 1. The molecule has 2 aromatic carbocycles. The predicted molar refractivity (Wildman–Crippen MR) is 162 cm³/mol. The molecule has 0 spiro atoms. The summed E-state index contributed by atoms with van der Waals surface area (Å²) in [7, 11) is -4.09. The topological polar surface area (TPSA) is 146 Å². The summed E-state index contributed by atoms with van der Waals surface area (Å²) in [4.78, 5) is 35.1. The first kappa shape index (κ1) is 34.3. The zero-order valence-electron chi connectivity index (χ0n) is 26.2. The monoisotopic (exact) mass is 679 g/mol. The molecule has 12 nitrogen and oxygen atoms in total. The molecule has 0 radical (unpaired) electrons. The van der Waals surface area contributed by atoms with E-state index in [2.05, 4.69) is 15.0 Å². The van der Waals surface area contributed by atoms with Gasteiger partial charge in [-0.3, -0.25) is 9.69 Å². The number of rotatable bonds is 12. The highest BCUT2D eigenvalue weighted by Crippen LogP contribution is 2.41. The van der Waals surface area contributed by atoms with Gasteiger partial charge in [-0.15, -0.1) is 0 Å². The standard InChI is InChI=1S/C31H36F3N5O7S/c1-20(40)19-47(43,44)25-10-5-4-9-24(25)45-23-12-11-21(17-22(23)31(32,33)34)27-35-26(46-36-27)18-38-28(41)30(2,3)39(29(38)42)16-8-15-37-13-6-7-14-37/h4-5,9-12,17,20,40H,6-8,13-16,18-19H2,1-3H3. The van der Waals surface area contributed by atoms with E-state index in [0.717, 1.165) is 49.5 Å². The quantitative estimate of drug-likeness (QED) is 0.267. The van der Waals surface area contributed by atoms with E-state index in [0.29, 0.717) is 13.0 Å². The number of halogens is 3. The van der Waals surface area contributed by atoms with Crippen molar-refractivity contribution in [1.82, 2.24) is 24.8 Å². The first-order chi connectivity index (χ1) is 22.1. The lowest BCUT2D eigenvalue weighted by atomic mass is 10.0. The molecule has 5 rings (SSSR count). The number of ether oxygens (including phenoxy) is 1. The zero-order valence-corrected chi connectivity index (χ0v) is 27.0. The Balaban J connectivity index is 1.34. The Morgan fingerprint density at radius 1 is 1.06 bits per heavy atom. The van der Waals surface area contributed by atoms with Crippen LogP contribution in [0.15, 0.2) is 51.9 Å². The van der Waals surface area contributed by atoms with E-state index in [1.165, 1.54) is 42.2 Å². The minimum Gasteiger partial charge on any atom is -0.455 e. The SMILES string of the molecule is CC(O)CS(=O)(=O)c1ccccc1Oc1ccc(-c2noc(CN3C(=O)N(CCCN4CCCC4)C(C)(C)C3=O)n2)cc1C(F)(F)F. The van der Waals surface area contributed by atoms with Crippen LogP contribution in [-0.4, -0.2) is 93.9 Å². The van der Waals surface area contributed by atoms with E-state index in [1.54, 1.807) is 13.8 Å². The van der Waals surface area contributed by atoms with Crippen molar-refractivity contribution >= 4 is 21.8 Å². The number of carbonyl (C=O) groups excluding carboxylic acids is 2. The third-order valence-electron chi connectivity index (χ3n) is 8.13. The number of aliphatic hydroxyl groups excluding tert-OH is 1. The molecule has 2 aliphatic rings. The number of imide groups is 1. The van der Waals surface area contributed by atoms with Crippen LogP contribution >= 0.6 is 0 Å². The van der Waals surface area contributed by atoms with Crippen molar-refractivity contribution in [2.75, 3.05) is 31.9 Å². The van der Waals surface area contributed by atoms with Crippen molar-refractivity contribution in [2.45, 2.75) is 69.3 Å². The number of benzene rings is 2. The van der Waals surface area contributed by atoms with E-state index in [-0.39, 0.29) is 34.5 Å². The summed E-state index contributed by atoms with van der Waals surface area (Å²) in [5, 5.41) is 13.4. The largest absolute Gasteiger partial charge is 0.455 e. The molecule has 2 aliphatic heterocycles. The number of amides is 3. The molecule has 1 unspecified atom stereocenters. The molecule has 1 aromatic heterocycles. The molecular formula is C31H36F3N5O7S. The van der Waals surface area contributed by atoms with Crippen molar-refractivity contribution < 1.29 is 45.5 Å². The predicted octanol–water partition coefficient (Wildman–Crippen LogP) is 4.73. The molecule has 47 heavy (non-hydrogen) atoms. The van der Waals surface area contributed by atoms with E-state index in [1.807, 2.05) is 0 Å². The summed E-state index contributed by atoms with van der Waals surface area (Å²) in [6, 6.07) is 7.65. The van der Waals surface area contributed by atoms with E-state index < -0.39 is 56.7 Å². The smallest absolute Gasteiger partial charge is 0.420 e. The molecule has 3 aromatic rings. The average molecular weight is 680 g/mol. The second kappa shape index (κ2) is 13.2. The van der Waals surface area contributed by atoms with Crippen LogP contribution in [0, 0.1) is 0 Å². The lowest BCUT2D eigenvalue weighted by Gasteiger charge is -2.28. The van der Waals surface area contributed by atoms with Crippen LogP contribution in [0.1, 0.15) is 51.5 Å². The maximum atomic E-state index is 14.2. The molecule has 0 aliphatic carbocycles. The Kier molecular flexibility index (Phi) is 9.67. The molecule has 3 heterocycles. The third-order valence-corrected chi connectivity index (χ3v) is 10.1. The summed E-state index contributed by atoms with van der Waals surface area (Å²) in [6.45, 7) is 7.47. The van der Waals surface area contributed by atoms with Crippen LogP contribution in [-0.2, 0) is 27.4 Å². The molecule has 0 bridgehead atoms. The number of hydrogen-bond acceptors (Lipinski definition) is 10. The molecule has 1 N–H and O–H groups in total. The summed E-state index contributed by atoms with van der Waals surface area (Å²) >= 11 is 0. The molecular weight excluding hydrogens is 643 g/mol. The Bertz CT molecular complexity index is 1740. The molecule has 16 heteroatoms. The zero-order chi connectivity index (χ0) is 34.1. The Morgan fingerprint density at radius 3 is 2.45 bits per heavy atom. The van der Waals surface area contributed by atoms with Crippen LogP contribution in [0.2, 0.25) is 0 Å². The number of aromatic nitrogens is 2. The number of nitrogens with zero attached hydrogens (tertiary/aromatic N) is 5. The number of aliphatic hydroxyl groups is 1. The number of urea groups is 1. The van der Waals surface area contributed by atoms with Crippen molar-refractivity contribution in [1.29, 1.82) is 0 Å². The fourth-order valence-electron chi connectivity index (χ4n) is 5.76. The Morgan fingerprint density at radius 2 is 1.77 bits per heavy atom. The average Bonchev–Trinajstić information content (AvgIpc) is 3.72. The van der Waals surface area contributed by atoms with Gasteiger partial charge in [0.25, 0.3) is 5.91 Å². The maximum absolute atomic E-state index is 14.2. The molecule has 2 fully saturated rings. The second-order valence-electron chi connectivity index (χ2n) is 12.2. The van der Waals surface area contributed by atoms with Gasteiger partial charge in [0.05, 0.1) is 17.4 Å². The maximum Gasteiger partial charge on any atom is 0.420 e. The van der Waals surface area contributed by atoms with Crippen LogP contribution in [0.4, 0.5) is 18.0 Å². The van der Waals surface area contributed by atoms with Gasteiger partial charge in [0.15, 0.2) is 9.84 Å². The fraction of sp³-hybridized carbons (Fsp3) is 0.484. The Labute approximate surface area is 270 Å².